The maximum Gasteiger partial charge on any atom is 0.417 e. The summed E-state index contributed by atoms with van der Waals surface area (Å²) >= 11 is 1.27. The van der Waals surface area contributed by atoms with Crippen LogP contribution >= 0.6 is 11.3 Å². The number of aromatic nitrogens is 3. The molecule has 126 valence electrons. The summed E-state index contributed by atoms with van der Waals surface area (Å²) in [5, 5.41) is 19.6. The summed E-state index contributed by atoms with van der Waals surface area (Å²) in [6.07, 6.45) is 1.94. The second-order valence-electron chi connectivity index (χ2n) is 5.49. The molecule has 0 unspecified atom stereocenters. The molecule has 0 aliphatic rings. The summed E-state index contributed by atoms with van der Waals surface area (Å²) in [6.45, 7) is 0. The Kier molecular flexibility index (Phi) is 3.64. The number of nitrogens with zero attached hydrogens (tertiary/aromatic N) is 4. The lowest BCUT2D eigenvalue weighted by Gasteiger charge is -2.02. The molecule has 0 bridgehead atoms. The van der Waals surface area contributed by atoms with Gasteiger partial charge in [-0.1, -0.05) is 23.5 Å². The number of pyridine rings is 1. The number of carboxylic acid groups (broad SMARTS) is 1. The van der Waals surface area contributed by atoms with Crippen LogP contribution in [-0.4, -0.2) is 25.7 Å². The van der Waals surface area contributed by atoms with Gasteiger partial charge >= 0.3 is 6.09 Å². The highest BCUT2D eigenvalue weighted by atomic mass is 32.1. The van der Waals surface area contributed by atoms with Crippen molar-refractivity contribution >= 4 is 33.6 Å². The van der Waals surface area contributed by atoms with E-state index in [4.69, 9.17) is 11.0 Å². The van der Waals surface area contributed by atoms with Crippen molar-refractivity contribution in [1.29, 1.82) is 5.26 Å². The Morgan fingerprint density at radius 2 is 2.15 bits per heavy atom. The number of anilines is 1. The summed E-state index contributed by atoms with van der Waals surface area (Å²) in [7, 11) is 0. The van der Waals surface area contributed by atoms with Crippen molar-refractivity contribution < 1.29 is 9.90 Å². The quantitative estimate of drug-likeness (QED) is 0.560. The van der Waals surface area contributed by atoms with E-state index in [0.29, 0.717) is 33.0 Å². The zero-order chi connectivity index (χ0) is 18.3. The Morgan fingerprint density at radius 1 is 1.31 bits per heavy atom. The number of hydrogen-bond acceptors (Lipinski definition) is 6. The zero-order valence-corrected chi connectivity index (χ0v) is 14.1. The molecule has 3 N–H and O–H groups in total. The fourth-order valence-electron chi connectivity index (χ4n) is 2.84. The molecular formula is C18H11N5O2S. The molecular weight excluding hydrogens is 350 g/mol. The second-order valence-corrected chi connectivity index (χ2v) is 6.52. The molecule has 0 spiro atoms. The van der Waals surface area contributed by atoms with Crippen LogP contribution < -0.4 is 5.73 Å². The summed E-state index contributed by atoms with van der Waals surface area (Å²) < 4.78 is 1.08. The zero-order valence-electron chi connectivity index (χ0n) is 13.2. The number of nitriles is 1. The fourth-order valence-corrected chi connectivity index (χ4v) is 3.72. The summed E-state index contributed by atoms with van der Waals surface area (Å²) in [6, 6.07) is 12.7. The van der Waals surface area contributed by atoms with Crippen molar-refractivity contribution in [3.8, 4) is 27.8 Å². The van der Waals surface area contributed by atoms with Gasteiger partial charge in [0.05, 0.1) is 22.2 Å². The Morgan fingerprint density at radius 3 is 2.92 bits per heavy atom. The molecule has 3 heterocycles. The minimum atomic E-state index is -1.12. The SMILES string of the molecule is N#Cc1cccc(-c2nc(N)sc2-c2cn(C(=O)O)c3ncccc23)c1. The van der Waals surface area contributed by atoms with E-state index in [0.717, 1.165) is 15.0 Å². The summed E-state index contributed by atoms with van der Waals surface area (Å²) in [5.74, 6) is 0. The standard InChI is InChI=1S/C18H11N5O2S/c19-8-10-3-1-4-11(7-10)14-15(26-17(20)22-14)13-9-23(18(24)25)16-12(13)5-2-6-21-16/h1-7,9H,(H2,20,22)(H,24,25). The average molecular weight is 361 g/mol. The number of hydrogen-bond donors (Lipinski definition) is 2. The van der Waals surface area contributed by atoms with Crippen LogP contribution in [0.2, 0.25) is 0 Å². The molecule has 4 rings (SSSR count). The van der Waals surface area contributed by atoms with Gasteiger partial charge in [-0.2, -0.15) is 5.26 Å². The Hall–Kier alpha value is -3.70. The molecule has 26 heavy (non-hydrogen) atoms. The first kappa shape index (κ1) is 15.8. The van der Waals surface area contributed by atoms with Crippen LogP contribution in [0, 0.1) is 11.3 Å². The monoisotopic (exact) mass is 361 g/mol. The van der Waals surface area contributed by atoms with Crippen LogP contribution in [0.1, 0.15) is 5.56 Å². The van der Waals surface area contributed by atoms with Crippen LogP contribution in [0.4, 0.5) is 9.93 Å². The van der Waals surface area contributed by atoms with Crippen molar-refractivity contribution in [1.82, 2.24) is 14.5 Å². The number of benzene rings is 1. The lowest BCUT2D eigenvalue weighted by Crippen LogP contribution is -2.06. The molecule has 0 radical (unpaired) electrons. The maximum atomic E-state index is 11.6. The number of nitrogens with two attached hydrogens (primary N) is 1. The van der Waals surface area contributed by atoms with Gasteiger partial charge in [0.25, 0.3) is 0 Å². The van der Waals surface area contributed by atoms with Crippen molar-refractivity contribution in [2.75, 3.05) is 5.73 Å². The number of thiazole rings is 1. The third-order valence-electron chi connectivity index (χ3n) is 3.92. The van der Waals surface area contributed by atoms with Crippen molar-refractivity contribution in [2.45, 2.75) is 0 Å². The van der Waals surface area contributed by atoms with Gasteiger partial charge < -0.3 is 10.8 Å². The molecule has 0 aliphatic carbocycles. The van der Waals surface area contributed by atoms with Gasteiger partial charge in [-0.05, 0) is 24.3 Å². The molecule has 8 heteroatoms. The van der Waals surface area contributed by atoms with E-state index in [9.17, 15) is 9.90 Å². The molecule has 0 saturated heterocycles. The van der Waals surface area contributed by atoms with Crippen LogP contribution in [0.25, 0.3) is 32.7 Å². The molecule has 0 aliphatic heterocycles. The molecule has 0 atom stereocenters. The summed E-state index contributed by atoms with van der Waals surface area (Å²) in [4.78, 5) is 20.9. The van der Waals surface area contributed by atoms with Gasteiger partial charge in [0.1, 0.15) is 5.65 Å². The van der Waals surface area contributed by atoms with Gasteiger partial charge in [-0.25, -0.2) is 19.3 Å². The lowest BCUT2D eigenvalue weighted by atomic mass is 10.0. The number of rotatable bonds is 2. The van der Waals surface area contributed by atoms with Crippen molar-refractivity contribution in [3.05, 3.63) is 54.4 Å². The highest BCUT2D eigenvalue weighted by Crippen LogP contribution is 2.41. The first-order valence-corrected chi connectivity index (χ1v) is 8.36. The predicted molar refractivity (Wildman–Crippen MR) is 98.8 cm³/mol. The van der Waals surface area contributed by atoms with Gasteiger partial charge in [-0.15, -0.1) is 0 Å². The first-order chi connectivity index (χ1) is 12.6. The van der Waals surface area contributed by atoms with Crippen LogP contribution in [0.15, 0.2) is 48.8 Å². The van der Waals surface area contributed by atoms with E-state index in [1.165, 1.54) is 17.5 Å². The van der Waals surface area contributed by atoms with E-state index in [1.807, 2.05) is 12.1 Å². The number of nitrogen functional groups attached to an aromatic ring is 1. The minimum absolute atomic E-state index is 0.346. The summed E-state index contributed by atoms with van der Waals surface area (Å²) in [5.41, 5.74) is 8.83. The van der Waals surface area contributed by atoms with E-state index in [1.54, 1.807) is 30.5 Å². The van der Waals surface area contributed by atoms with E-state index in [2.05, 4.69) is 16.0 Å². The fraction of sp³-hybridized carbons (Fsp3) is 0. The van der Waals surface area contributed by atoms with E-state index < -0.39 is 6.09 Å². The molecule has 0 saturated carbocycles. The molecule has 0 fully saturated rings. The highest BCUT2D eigenvalue weighted by molar-refractivity contribution is 7.19. The topological polar surface area (TPSA) is 118 Å². The molecule has 0 amide bonds. The molecule has 4 aromatic rings. The number of fused-ring (bicyclic) bond motifs is 1. The minimum Gasteiger partial charge on any atom is -0.464 e. The third kappa shape index (κ3) is 2.47. The van der Waals surface area contributed by atoms with Crippen molar-refractivity contribution in [2.24, 2.45) is 0 Å². The molecule has 3 aromatic heterocycles. The van der Waals surface area contributed by atoms with Gasteiger partial charge in [0.2, 0.25) is 0 Å². The Balaban J connectivity index is 2.00. The van der Waals surface area contributed by atoms with Gasteiger partial charge in [0.15, 0.2) is 5.13 Å². The van der Waals surface area contributed by atoms with E-state index >= 15 is 0 Å². The van der Waals surface area contributed by atoms with Crippen LogP contribution in [0.5, 0.6) is 0 Å². The van der Waals surface area contributed by atoms with Crippen molar-refractivity contribution in [3.63, 3.8) is 0 Å². The smallest absolute Gasteiger partial charge is 0.417 e. The molecule has 7 nitrogen and oxygen atoms in total. The van der Waals surface area contributed by atoms with Crippen LogP contribution in [0.3, 0.4) is 0 Å². The largest absolute Gasteiger partial charge is 0.464 e. The second kappa shape index (κ2) is 5.98. The third-order valence-corrected chi connectivity index (χ3v) is 4.84. The first-order valence-electron chi connectivity index (χ1n) is 7.55. The Bertz CT molecular complexity index is 1200. The Labute approximate surface area is 151 Å². The highest BCUT2D eigenvalue weighted by Gasteiger charge is 2.21. The van der Waals surface area contributed by atoms with Gasteiger partial charge in [0, 0.05) is 28.9 Å². The van der Waals surface area contributed by atoms with E-state index in [-0.39, 0.29) is 0 Å². The maximum absolute atomic E-state index is 11.6. The number of carbonyl (C=O) groups is 1. The van der Waals surface area contributed by atoms with Gasteiger partial charge in [-0.3, -0.25) is 0 Å². The van der Waals surface area contributed by atoms with Crippen LogP contribution in [-0.2, 0) is 0 Å². The average Bonchev–Trinajstić information content (AvgIpc) is 3.22. The molecule has 1 aromatic carbocycles. The normalized spacial score (nSPS) is 10.7. The predicted octanol–water partition coefficient (Wildman–Crippen LogP) is 3.81. The lowest BCUT2D eigenvalue weighted by molar-refractivity contribution is 0.197.